The first-order chi connectivity index (χ1) is 20.6. The summed E-state index contributed by atoms with van der Waals surface area (Å²) >= 11 is 1.53. The number of aryl methyl sites for hydroxylation is 2. The lowest BCUT2D eigenvalue weighted by atomic mass is 9.93. The van der Waals surface area contributed by atoms with E-state index in [9.17, 15) is 21.0 Å². The van der Waals surface area contributed by atoms with E-state index in [-0.39, 0.29) is 11.1 Å². The van der Waals surface area contributed by atoms with Gasteiger partial charge in [-0.25, -0.2) is 0 Å². The summed E-state index contributed by atoms with van der Waals surface area (Å²) in [6.45, 7) is 4.45. The van der Waals surface area contributed by atoms with Gasteiger partial charge in [0.1, 0.15) is 35.4 Å². The number of hydrogen-bond acceptors (Lipinski definition) is 6. The second-order valence-electron chi connectivity index (χ2n) is 11.1. The average molecular weight is 575 g/mol. The van der Waals surface area contributed by atoms with Crippen LogP contribution in [0.4, 0.5) is 0 Å². The van der Waals surface area contributed by atoms with Crippen LogP contribution in [0.1, 0.15) is 102 Å². The van der Waals surface area contributed by atoms with Gasteiger partial charge in [0.05, 0.1) is 4.53 Å². The Balaban J connectivity index is 1.91. The molecular formula is C36H38N4OS. The largest absolute Gasteiger partial charge is 0.454 e. The quantitative estimate of drug-likeness (QED) is 0.140. The van der Waals surface area contributed by atoms with Crippen LogP contribution in [0.3, 0.4) is 0 Å². The van der Waals surface area contributed by atoms with Crippen LogP contribution < -0.4 is 9.95 Å². The van der Waals surface area contributed by atoms with Gasteiger partial charge < -0.3 is 4.42 Å². The number of fused-ring (bicyclic) bond motifs is 5. The second kappa shape index (κ2) is 15.2. The molecule has 42 heavy (non-hydrogen) atoms. The maximum atomic E-state index is 9.62. The molecule has 4 rings (SSSR count). The number of unbranched alkanes of at least 4 members (excludes halogenated alkanes) is 10. The molecule has 0 radical (unpaired) electrons. The highest BCUT2D eigenvalue weighted by molar-refractivity contribution is 7.17. The number of benzene rings is 2. The van der Waals surface area contributed by atoms with E-state index in [0.29, 0.717) is 9.95 Å². The Kier molecular flexibility index (Phi) is 11.2. The van der Waals surface area contributed by atoms with Gasteiger partial charge in [-0.1, -0.05) is 78.1 Å². The maximum absolute atomic E-state index is 9.62. The molecular weight excluding hydrogens is 536 g/mol. The van der Waals surface area contributed by atoms with E-state index >= 15 is 0 Å². The minimum absolute atomic E-state index is 0.0293. The number of furan rings is 1. The van der Waals surface area contributed by atoms with Crippen molar-refractivity contribution in [1.29, 1.82) is 21.0 Å². The number of nitrogens with zero attached hydrogens (tertiary/aromatic N) is 4. The standard InChI is InChI=1S/C36H38N4OS/c1-3-5-7-9-11-13-15-25-17-30-29(31-19-33(41-35(25)31)27(21-37)22-38)18-26(16-14-12-10-8-6-4-2)36-32(30)20-34(42-36)28(23-39)24-40/h17-20H,3-16H2,1-2H3. The molecule has 0 atom stereocenters. The minimum atomic E-state index is -0.0293. The maximum Gasteiger partial charge on any atom is 0.172 e. The third-order valence-electron chi connectivity index (χ3n) is 8.09. The van der Waals surface area contributed by atoms with E-state index in [4.69, 9.17) is 4.42 Å². The molecule has 0 amide bonds. The number of nitriles is 4. The average Bonchev–Trinajstić information content (AvgIpc) is 3.64. The SMILES string of the molecule is CCCCCCCCc1cc2c3cc(=C(C#N)C#N)sc3c(CCCCCCCC)cc2c2cc(=C(C#N)C#N)oc12. The fourth-order valence-corrected chi connectivity index (χ4v) is 6.98. The van der Waals surface area contributed by atoms with Gasteiger partial charge in [0.2, 0.25) is 0 Å². The molecule has 0 aliphatic carbocycles. The lowest BCUT2D eigenvalue weighted by Gasteiger charge is -2.11. The van der Waals surface area contributed by atoms with Gasteiger partial charge >= 0.3 is 0 Å². The van der Waals surface area contributed by atoms with Crippen LogP contribution in [-0.4, -0.2) is 0 Å². The van der Waals surface area contributed by atoms with Gasteiger partial charge in [0, 0.05) is 15.5 Å². The van der Waals surface area contributed by atoms with Crippen molar-refractivity contribution in [1.82, 2.24) is 0 Å². The van der Waals surface area contributed by atoms with Crippen molar-refractivity contribution in [2.75, 3.05) is 0 Å². The summed E-state index contributed by atoms with van der Waals surface area (Å²) in [6.07, 6.45) is 16.0. The van der Waals surface area contributed by atoms with E-state index < -0.39 is 0 Å². The summed E-state index contributed by atoms with van der Waals surface area (Å²) in [5, 5.41) is 42.4. The number of thiophene rings is 1. The highest BCUT2D eigenvalue weighted by Crippen LogP contribution is 2.38. The summed E-state index contributed by atoms with van der Waals surface area (Å²) in [5.41, 5.74) is 3.43. The first-order valence-corrected chi connectivity index (χ1v) is 16.2. The zero-order valence-electron chi connectivity index (χ0n) is 24.8. The Morgan fingerprint density at radius 3 is 1.71 bits per heavy atom. The second-order valence-corrected chi connectivity index (χ2v) is 12.2. The fraction of sp³-hybridized carbons (Fsp3) is 0.444. The molecule has 2 aromatic heterocycles. The van der Waals surface area contributed by atoms with Crippen LogP contribution in [0.5, 0.6) is 0 Å². The summed E-state index contributed by atoms with van der Waals surface area (Å²) in [5.74, 6) is 0. The highest BCUT2D eigenvalue weighted by Gasteiger charge is 2.18. The fourth-order valence-electron chi connectivity index (χ4n) is 5.82. The van der Waals surface area contributed by atoms with Gasteiger partial charge in [-0.05, 0) is 71.8 Å². The van der Waals surface area contributed by atoms with E-state index in [1.807, 2.05) is 24.3 Å². The lowest BCUT2D eigenvalue weighted by Crippen LogP contribution is -1.97. The minimum Gasteiger partial charge on any atom is -0.454 e. The third-order valence-corrected chi connectivity index (χ3v) is 9.32. The van der Waals surface area contributed by atoms with Crippen LogP contribution in [0.2, 0.25) is 0 Å². The predicted molar refractivity (Wildman–Crippen MR) is 172 cm³/mol. The highest BCUT2D eigenvalue weighted by atomic mass is 32.1. The van der Waals surface area contributed by atoms with Crippen LogP contribution in [0.25, 0.3) is 43.0 Å². The van der Waals surface area contributed by atoms with Crippen molar-refractivity contribution in [3.63, 3.8) is 0 Å². The third kappa shape index (κ3) is 6.85. The van der Waals surface area contributed by atoms with Gasteiger partial charge in [-0.15, -0.1) is 11.3 Å². The number of hydrogen-bond donors (Lipinski definition) is 0. The van der Waals surface area contributed by atoms with E-state index in [0.717, 1.165) is 75.9 Å². The van der Waals surface area contributed by atoms with E-state index in [1.54, 1.807) is 0 Å². The first-order valence-electron chi connectivity index (χ1n) is 15.4. The molecule has 214 valence electrons. The predicted octanol–water partition coefficient (Wildman–Crippen LogP) is 9.00. The van der Waals surface area contributed by atoms with Crippen molar-refractivity contribution in [3.8, 4) is 24.3 Å². The monoisotopic (exact) mass is 574 g/mol. The molecule has 0 saturated carbocycles. The Bertz CT molecular complexity index is 1690. The molecule has 0 aliphatic heterocycles. The van der Waals surface area contributed by atoms with Crippen molar-refractivity contribution < 1.29 is 4.42 Å². The molecule has 0 spiro atoms. The van der Waals surface area contributed by atoms with Crippen LogP contribution >= 0.6 is 11.3 Å². The van der Waals surface area contributed by atoms with Gasteiger partial charge in [0.25, 0.3) is 0 Å². The van der Waals surface area contributed by atoms with Crippen molar-refractivity contribution >= 4 is 54.3 Å². The van der Waals surface area contributed by atoms with Crippen molar-refractivity contribution in [3.05, 3.63) is 45.3 Å². The zero-order chi connectivity index (χ0) is 29.9. The molecule has 4 aromatic rings. The Labute approximate surface area is 252 Å². The van der Waals surface area contributed by atoms with Crippen molar-refractivity contribution in [2.24, 2.45) is 0 Å². The number of rotatable bonds is 14. The smallest absolute Gasteiger partial charge is 0.172 e. The first kappa shape index (κ1) is 30.8. The van der Waals surface area contributed by atoms with Crippen LogP contribution in [-0.2, 0) is 12.8 Å². The molecule has 6 heteroatoms. The molecule has 2 aromatic carbocycles. The van der Waals surface area contributed by atoms with Crippen LogP contribution in [0.15, 0.2) is 28.7 Å². The molecule has 2 heterocycles. The topological polar surface area (TPSA) is 108 Å². The normalized spacial score (nSPS) is 10.9. The van der Waals surface area contributed by atoms with Gasteiger partial charge in [-0.3, -0.25) is 0 Å². The summed E-state index contributed by atoms with van der Waals surface area (Å²) in [7, 11) is 0. The lowest BCUT2D eigenvalue weighted by molar-refractivity contribution is 0.568. The summed E-state index contributed by atoms with van der Waals surface area (Å²) in [4.78, 5) is 0. The van der Waals surface area contributed by atoms with Gasteiger partial charge in [0.15, 0.2) is 11.0 Å². The van der Waals surface area contributed by atoms with E-state index in [2.05, 4.69) is 38.1 Å². The molecule has 5 nitrogen and oxygen atoms in total. The Morgan fingerprint density at radius 2 is 1.12 bits per heavy atom. The Morgan fingerprint density at radius 1 is 0.595 bits per heavy atom. The van der Waals surface area contributed by atoms with Gasteiger partial charge in [-0.2, -0.15) is 21.0 Å². The molecule has 0 N–H and O–H groups in total. The molecule has 0 aliphatic rings. The molecule has 0 saturated heterocycles. The van der Waals surface area contributed by atoms with Crippen molar-refractivity contribution in [2.45, 2.75) is 104 Å². The van der Waals surface area contributed by atoms with Crippen LogP contribution in [0, 0.1) is 45.3 Å². The zero-order valence-corrected chi connectivity index (χ0v) is 25.6. The van der Waals surface area contributed by atoms with E-state index in [1.165, 1.54) is 68.3 Å². The molecule has 0 fully saturated rings. The Hall–Kier alpha value is -4.10. The molecule has 0 bridgehead atoms. The molecule has 0 unspecified atom stereocenters. The summed E-state index contributed by atoms with van der Waals surface area (Å²) < 4.78 is 8.07. The summed E-state index contributed by atoms with van der Waals surface area (Å²) in [6, 6.07) is 16.4.